The molecule has 1 amide bonds. The SMILES string of the molecule is COc1ccc(C2=C(C#N)C(=O)NC(C)(c3ccc(C)cc3)C2)cc1. The van der Waals surface area contributed by atoms with E-state index in [2.05, 4.69) is 11.4 Å². The van der Waals surface area contributed by atoms with Crippen molar-refractivity contribution in [1.29, 1.82) is 5.26 Å². The highest BCUT2D eigenvalue weighted by Gasteiger charge is 2.37. The van der Waals surface area contributed by atoms with Gasteiger partial charge in [-0.25, -0.2) is 0 Å². The third-order valence-corrected chi connectivity index (χ3v) is 4.69. The van der Waals surface area contributed by atoms with Crippen LogP contribution in [0.3, 0.4) is 0 Å². The largest absolute Gasteiger partial charge is 0.497 e. The molecule has 25 heavy (non-hydrogen) atoms. The van der Waals surface area contributed by atoms with Gasteiger partial charge in [-0.05, 0) is 42.7 Å². The van der Waals surface area contributed by atoms with Crippen molar-refractivity contribution in [3.63, 3.8) is 0 Å². The Morgan fingerprint density at radius 2 is 1.76 bits per heavy atom. The fourth-order valence-corrected chi connectivity index (χ4v) is 3.19. The second-order valence-corrected chi connectivity index (χ2v) is 6.52. The first-order chi connectivity index (χ1) is 12.0. The maximum absolute atomic E-state index is 12.6. The maximum atomic E-state index is 12.6. The number of ether oxygens (including phenoxy) is 1. The lowest BCUT2D eigenvalue weighted by Gasteiger charge is -2.36. The minimum absolute atomic E-state index is 0.176. The molecule has 0 fully saturated rings. The monoisotopic (exact) mass is 332 g/mol. The summed E-state index contributed by atoms with van der Waals surface area (Å²) in [7, 11) is 1.61. The summed E-state index contributed by atoms with van der Waals surface area (Å²) in [6.07, 6.45) is 0.553. The number of hydrogen-bond acceptors (Lipinski definition) is 3. The molecule has 1 N–H and O–H groups in total. The van der Waals surface area contributed by atoms with Gasteiger partial charge in [-0.2, -0.15) is 5.26 Å². The van der Waals surface area contributed by atoms with Gasteiger partial charge in [-0.3, -0.25) is 4.79 Å². The molecular formula is C21H20N2O2. The molecule has 2 aromatic rings. The van der Waals surface area contributed by atoms with Crippen LogP contribution in [0.2, 0.25) is 0 Å². The van der Waals surface area contributed by atoms with Crippen molar-refractivity contribution < 1.29 is 9.53 Å². The molecule has 0 aromatic heterocycles. The summed E-state index contributed by atoms with van der Waals surface area (Å²) in [6, 6.07) is 17.6. The number of methoxy groups -OCH3 is 1. The highest BCUT2D eigenvalue weighted by Crippen LogP contribution is 2.38. The van der Waals surface area contributed by atoms with Crippen LogP contribution in [0.25, 0.3) is 5.57 Å². The lowest BCUT2D eigenvalue weighted by Crippen LogP contribution is -2.47. The lowest BCUT2D eigenvalue weighted by atomic mass is 9.78. The summed E-state index contributed by atoms with van der Waals surface area (Å²) in [4.78, 5) is 12.6. The molecule has 1 aliphatic heterocycles. The van der Waals surface area contributed by atoms with E-state index in [0.717, 1.165) is 28.0 Å². The zero-order chi connectivity index (χ0) is 18.0. The number of nitrogens with one attached hydrogen (secondary N) is 1. The van der Waals surface area contributed by atoms with Crippen molar-refractivity contribution in [1.82, 2.24) is 5.32 Å². The number of nitrogens with zero attached hydrogens (tertiary/aromatic N) is 1. The van der Waals surface area contributed by atoms with Gasteiger partial charge in [0, 0.05) is 6.42 Å². The van der Waals surface area contributed by atoms with E-state index in [0.29, 0.717) is 6.42 Å². The zero-order valence-electron chi connectivity index (χ0n) is 14.6. The summed E-state index contributed by atoms with van der Waals surface area (Å²) in [5, 5.41) is 12.5. The number of benzene rings is 2. The lowest BCUT2D eigenvalue weighted by molar-refractivity contribution is -0.119. The van der Waals surface area contributed by atoms with E-state index >= 15 is 0 Å². The Hall–Kier alpha value is -3.06. The number of hydrogen-bond donors (Lipinski definition) is 1. The van der Waals surface area contributed by atoms with Crippen LogP contribution in [0.4, 0.5) is 0 Å². The third kappa shape index (κ3) is 3.14. The molecule has 0 saturated heterocycles. The predicted octanol–water partition coefficient (Wildman–Crippen LogP) is 3.72. The summed E-state index contributed by atoms with van der Waals surface area (Å²) >= 11 is 0. The van der Waals surface area contributed by atoms with Crippen LogP contribution in [0, 0.1) is 18.3 Å². The first-order valence-corrected chi connectivity index (χ1v) is 8.14. The topological polar surface area (TPSA) is 62.1 Å². The minimum Gasteiger partial charge on any atom is -0.497 e. The van der Waals surface area contributed by atoms with Gasteiger partial charge in [0.2, 0.25) is 0 Å². The Kier molecular flexibility index (Phi) is 4.33. The van der Waals surface area contributed by atoms with E-state index in [1.54, 1.807) is 7.11 Å². The summed E-state index contributed by atoms with van der Waals surface area (Å²) in [5.41, 5.74) is 3.44. The predicted molar refractivity (Wildman–Crippen MR) is 96.8 cm³/mol. The van der Waals surface area contributed by atoms with Gasteiger partial charge in [0.15, 0.2) is 0 Å². The molecule has 1 heterocycles. The van der Waals surface area contributed by atoms with Crippen molar-refractivity contribution in [2.45, 2.75) is 25.8 Å². The number of rotatable bonds is 3. The maximum Gasteiger partial charge on any atom is 0.262 e. The van der Waals surface area contributed by atoms with E-state index in [1.165, 1.54) is 0 Å². The van der Waals surface area contributed by atoms with E-state index in [1.807, 2.05) is 62.4 Å². The van der Waals surface area contributed by atoms with Gasteiger partial charge < -0.3 is 10.1 Å². The molecule has 1 aliphatic rings. The van der Waals surface area contributed by atoms with Gasteiger partial charge in [0.1, 0.15) is 17.4 Å². The molecular weight excluding hydrogens is 312 g/mol. The molecule has 4 nitrogen and oxygen atoms in total. The molecule has 1 unspecified atom stereocenters. The molecule has 3 rings (SSSR count). The quantitative estimate of drug-likeness (QED) is 0.932. The van der Waals surface area contributed by atoms with E-state index in [9.17, 15) is 10.1 Å². The van der Waals surface area contributed by atoms with Crippen molar-refractivity contribution >= 4 is 11.5 Å². The first kappa shape index (κ1) is 16.8. The Balaban J connectivity index is 2.06. The second-order valence-electron chi connectivity index (χ2n) is 6.52. The third-order valence-electron chi connectivity index (χ3n) is 4.69. The Morgan fingerprint density at radius 3 is 2.32 bits per heavy atom. The normalized spacial score (nSPS) is 20.0. The standard InChI is InChI=1S/C21H20N2O2/c1-14-4-8-16(9-5-14)21(2)12-18(19(13-22)20(24)23-21)15-6-10-17(25-3)11-7-15/h4-11H,12H2,1-3H3,(H,23,24). The Morgan fingerprint density at radius 1 is 1.12 bits per heavy atom. The molecule has 126 valence electrons. The highest BCUT2D eigenvalue weighted by atomic mass is 16.5. The van der Waals surface area contributed by atoms with Crippen LogP contribution in [0.15, 0.2) is 54.1 Å². The minimum atomic E-state index is -0.555. The van der Waals surface area contributed by atoms with Gasteiger partial charge in [0.25, 0.3) is 5.91 Å². The van der Waals surface area contributed by atoms with Gasteiger partial charge in [-0.1, -0.05) is 42.0 Å². The van der Waals surface area contributed by atoms with Gasteiger partial charge in [0.05, 0.1) is 12.6 Å². The van der Waals surface area contributed by atoms with Crippen molar-refractivity contribution in [3.05, 3.63) is 70.8 Å². The van der Waals surface area contributed by atoms with Crippen LogP contribution in [0.5, 0.6) is 5.75 Å². The van der Waals surface area contributed by atoms with Crippen molar-refractivity contribution in [3.8, 4) is 11.8 Å². The molecule has 0 bridgehead atoms. The van der Waals surface area contributed by atoms with Crippen molar-refractivity contribution in [2.75, 3.05) is 7.11 Å². The van der Waals surface area contributed by atoms with Crippen LogP contribution >= 0.6 is 0 Å². The first-order valence-electron chi connectivity index (χ1n) is 8.14. The molecule has 0 saturated carbocycles. The van der Waals surface area contributed by atoms with Crippen LogP contribution in [-0.4, -0.2) is 13.0 Å². The number of carbonyl (C=O) groups excluding carboxylic acids is 1. The van der Waals surface area contributed by atoms with Crippen LogP contribution in [0.1, 0.15) is 30.0 Å². The summed E-state index contributed by atoms with van der Waals surface area (Å²) < 4.78 is 5.19. The van der Waals surface area contributed by atoms with Gasteiger partial charge in [-0.15, -0.1) is 0 Å². The number of nitriles is 1. The summed E-state index contributed by atoms with van der Waals surface area (Å²) in [6.45, 7) is 4.02. The van der Waals surface area contributed by atoms with Crippen LogP contribution in [-0.2, 0) is 10.3 Å². The van der Waals surface area contributed by atoms with Gasteiger partial charge >= 0.3 is 0 Å². The fraction of sp³-hybridized carbons (Fsp3) is 0.238. The van der Waals surface area contributed by atoms with E-state index in [4.69, 9.17) is 4.74 Å². The fourth-order valence-electron chi connectivity index (χ4n) is 3.19. The average molecular weight is 332 g/mol. The highest BCUT2D eigenvalue weighted by molar-refractivity contribution is 6.07. The van der Waals surface area contributed by atoms with Crippen molar-refractivity contribution in [2.24, 2.45) is 0 Å². The summed E-state index contributed by atoms with van der Waals surface area (Å²) in [5.74, 6) is 0.409. The zero-order valence-corrected chi connectivity index (χ0v) is 14.6. The Labute approximate surface area is 147 Å². The second kappa shape index (κ2) is 6.45. The number of aryl methyl sites for hydroxylation is 1. The Bertz CT molecular complexity index is 874. The molecule has 0 aliphatic carbocycles. The average Bonchev–Trinajstić information content (AvgIpc) is 2.61. The molecule has 4 heteroatoms. The molecule has 0 spiro atoms. The van der Waals surface area contributed by atoms with E-state index < -0.39 is 5.54 Å². The number of carbonyl (C=O) groups is 1. The van der Waals surface area contributed by atoms with E-state index in [-0.39, 0.29) is 11.5 Å². The smallest absolute Gasteiger partial charge is 0.262 e. The molecule has 1 atom stereocenters. The molecule has 0 radical (unpaired) electrons. The van der Waals surface area contributed by atoms with Crippen LogP contribution < -0.4 is 10.1 Å². The molecule has 2 aromatic carbocycles. The number of amides is 1.